The van der Waals surface area contributed by atoms with Gasteiger partial charge in [0.2, 0.25) is 0 Å². The zero-order valence-corrected chi connectivity index (χ0v) is 18.0. The number of ketones is 1. The van der Waals surface area contributed by atoms with Gasteiger partial charge >= 0.3 is 0 Å². The summed E-state index contributed by atoms with van der Waals surface area (Å²) in [7, 11) is 0. The summed E-state index contributed by atoms with van der Waals surface area (Å²) in [5, 5.41) is 6.76. The Kier molecular flexibility index (Phi) is 5.24. The van der Waals surface area contributed by atoms with Gasteiger partial charge in [0.1, 0.15) is 0 Å². The van der Waals surface area contributed by atoms with Crippen LogP contribution in [0, 0.1) is 13.8 Å². The first-order chi connectivity index (χ1) is 14.0. The molecule has 0 saturated carbocycles. The summed E-state index contributed by atoms with van der Waals surface area (Å²) in [6.45, 7) is 7.90. The largest absolute Gasteiger partial charge is 0.294 e. The zero-order valence-electron chi connectivity index (χ0n) is 17.2. The molecule has 5 heteroatoms. The number of carbonyl (C=O) groups is 1. The lowest BCUT2D eigenvalue weighted by molar-refractivity contribution is -0.111. The van der Waals surface area contributed by atoms with Crippen LogP contribution in [0.5, 0.6) is 0 Å². The first-order valence-corrected chi connectivity index (χ1v) is 10.7. The van der Waals surface area contributed by atoms with Gasteiger partial charge in [-0.3, -0.25) is 9.69 Å². The fourth-order valence-electron chi connectivity index (χ4n) is 3.56. The molecule has 29 heavy (non-hydrogen) atoms. The van der Waals surface area contributed by atoms with E-state index in [1.54, 1.807) is 18.3 Å². The molecule has 2 heterocycles. The van der Waals surface area contributed by atoms with E-state index in [2.05, 4.69) is 86.3 Å². The minimum Gasteiger partial charge on any atom is -0.294 e. The molecule has 1 atom stereocenters. The second kappa shape index (κ2) is 7.84. The number of hydrogen-bond acceptors (Lipinski definition) is 5. The van der Waals surface area contributed by atoms with E-state index in [0.717, 1.165) is 22.7 Å². The normalized spacial score (nSPS) is 16.3. The van der Waals surface area contributed by atoms with Crippen molar-refractivity contribution < 1.29 is 4.79 Å². The van der Waals surface area contributed by atoms with Gasteiger partial charge in [-0.15, -0.1) is 16.4 Å². The molecule has 1 aliphatic rings. The number of Topliss-reactive ketones (excluding diaryl/α,β-unsaturated/α-hetero) is 1. The lowest BCUT2D eigenvalue weighted by atomic mass is 10.1. The molecule has 4 rings (SSSR count). The smallest absolute Gasteiger partial charge is 0.198 e. The minimum atomic E-state index is -0.192. The van der Waals surface area contributed by atoms with Crippen LogP contribution in [0.2, 0.25) is 0 Å². The maximum absolute atomic E-state index is 12.6. The number of hydrazone groups is 1. The van der Waals surface area contributed by atoms with Gasteiger partial charge in [0.15, 0.2) is 17.8 Å². The fraction of sp³-hybridized carbons (Fsp3) is 0.250. The zero-order chi connectivity index (χ0) is 20.5. The SMILES string of the molecule is CCc1ccc(N2C(C(C)=O)=NN(c3ccc(C)cc3)[C@@H]2c2ccc(C)s2)cc1. The number of hydrogen-bond donors (Lipinski definition) is 0. The summed E-state index contributed by atoms with van der Waals surface area (Å²) in [5.41, 5.74) is 4.41. The van der Waals surface area contributed by atoms with E-state index in [9.17, 15) is 4.79 Å². The number of anilines is 2. The van der Waals surface area contributed by atoms with Crippen LogP contribution in [0.4, 0.5) is 11.4 Å². The van der Waals surface area contributed by atoms with E-state index in [-0.39, 0.29) is 11.9 Å². The van der Waals surface area contributed by atoms with Crippen LogP contribution in [0.1, 0.15) is 40.9 Å². The molecule has 4 nitrogen and oxygen atoms in total. The molecule has 0 radical (unpaired) electrons. The molecule has 1 aliphatic heterocycles. The number of amidine groups is 1. The monoisotopic (exact) mass is 403 g/mol. The molecule has 0 N–H and O–H groups in total. The Bertz CT molecular complexity index is 1050. The van der Waals surface area contributed by atoms with Gasteiger partial charge in [0.25, 0.3) is 0 Å². The van der Waals surface area contributed by atoms with Crippen LogP contribution < -0.4 is 9.91 Å². The summed E-state index contributed by atoms with van der Waals surface area (Å²) in [6, 6.07) is 21.0. The maximum atomic E-state index is 12.6. The number of aryl methyl sites for hydroxylation is 3. The number of nitrogens with zero attached hydrogens (tertiary/aromatic N) is 3. The average molecular weight is 404 g/mol. The van der Waals surface area contributed by atoms with Crippen molar-refractivity contribution in [3.05, 3.63) is 81.5 Å². The minimum absolute atomic E-state index is 0.0440. The Morgan fingerprint density at radius 1 is 0.966 bits per heavy atom. The van der Waals surface area contributed by atoms with Gasteiger partial charge in [-0.25, -0.2) is 5.01 Å². The Labute approximate surface area is 176 Å². The van der Waals surface area contributed by atoms with Crippen molar-refractivity contribution in [2.75, 3.05) is 9.91 Å². The maximum Gasteiger partial charge on any atom is 0.198 e. The van der Waals surface area contributed by atoms with Gasteiger partial charge in [0, 0.05) is 22.4 Å². The van der Waals surface area contributed by atoms with E-state index in [0.29, 0.717) is 5.84 Å². The molecule has 0 fully saturated rings. The van der Waals surface area contributed by atoms with Crippen LogP contribution in [-0.2, 0) is 11.2 Å². The highest BCUT2D eigenvalue weighted by molar-refractivity contribution is 7.12. The lowest BCUT2D eigenvalue weighted by Crippen LogP contribution is -2.37. The number of carbonyl (C=O) groups excluding carboxylic acids is 1. The molecule has 0 saturated heterocycles. The van der Waals surface area contributed by atoms with Gasteiger partial charge < -0.3 is 0 Å². The molecule has 0 spiro atoms. The predicted octanol–water partition coefficient (Wildman–Crippen LogP) is 5.86. The van der Waals surface area contributed by atoms with E-state index >= 15 is 0 Å². The molecule has 0 unspecified atom stereocenters. The van der Waals surface area contributed by atoms with E-state index in [1.165, 1.54) is 16.0 Å². The third kappa shape index (κ3) is 3.70. The highest BCUT2D eigenvalue weighted by atomic mass is 32.1. The summed E-state index contributed by atoms with van der Waals surface area (Å²) < 4.78 is 0. The van der Waals surface area contributed by atoms with E-state index in [1.807, 2.05) is 5.01 Å². The first kappa shape index (κ1) is 19.4. The average Bonchev–Trinajstić information content (AvgIpc) is 3.32. The summed E-state index contributed by atoms with van der Waals surface area (Å²) in [5.74, 6) is 0.420. The van der Waals surface area contributed by atoms with Crippen molar-refractivity contribution in [2.24, 2.45) is 5.10 Å². The summed E-state index contributed by atoms with van der Waals surface area (Å²) >= 11 is 1.74. The Hall–Kier alpha value is -2.92. The molecular weight excluding hydrogens is 378 g/mol. The molecule has 2 aromatic carbocycles. The van der Waals surface area contributed by atoms with E-state index < -0.39 is 0 Å². The van der Waals surface area contributed by atoms with E-state index in [4.69, 9.17) is 5.10 Å². The molecule has 3 aromatic rings. The molecule has 0 bridgehead atoms. The number of rotatable bonds is 5. The number of benzene rings is 2. The highest BCUT2D eigenvalue weighted by Crippen LogP contribution is 2.41. The van der Waals surface area contributed by atoms with Crippen LogP contribution in [0.25, 0.3) is 0 Å². The van der Waals surface area contributed by atoms with Crippen LogP contribution >= 0.6 is 11.3 Å². The summed E-state index contributed by atoms with van der Waals surface area (Å²) in [4.78, 5) is 17.0. The van der Waals surface area contributed by atoms with Gasteiger partial charge in [-0.1, -0.05) is 36.8 Å². The molecular formula is C24H25N3OS. The second-order valence-electron chi connectivity index (χ2n) is 7.37. The molecule has 1 aromatic heterocycles. The van der Waals surface area contributed by atoms with Crippen molar-refractivity contribution >= 4 is 34.3 Å². The van der Waals surface area contributed by atoms with Gasteiger partial charge in [0.05, 0.1) is 5.69 Å². The second-order valence-corrected chi connectivity index (χ2v) is 8.69. The predicted molar refractivity (Wildman–Crippen MR) is 122 cm³/mol. The van der Waals surface area contributed by atoms with Crippen molar-refractivity contribution in [1.82, 2.24) is 0 Å². The highest BCUT2D eigenvalue weighted by Gasteiger charge is 2.39. The number of thiophene rings is 1. The quantitative estimate of drug-likeness (QED) is 0.536. The van der Waals surface area contributed by atoms with Crippen molar-refractivity contribution in [1.29, 1.82) is 0 Å². The Balaban J connectivity index is 1.86. The first-order valence-electron chi connectivity index (χ1n) is 9.88. The molecule has 0 aliphatic carbocycles. The van der Waals surface area contributed by atoms with Crippen molar-refractivity contribution in [2.45, 2.75) is 40.3 Å². The van der Waals surface area contributed by atoms with Crippen LogP contribution in [-0.4, -0.2) is 11.6 Å². The van der Waals surface area contributed by atoms with Crippen molar-refractivity contribution in [3.63, 3.8) is 0 Å². The lowest BCUT2D eigenvalue weighted by Gasteiger charge is -2.31. The van der Waals surface area contributed by atoms with Gasteiger partial charge in [-0.2, -0.15) is 0 Å². The third-order valence-corrected chi connectivity index (χ3v) is 6.20. The molecule has 0 amide bonds. The Morgan fingerprint density at radius 2 is 1.62 bits per heavy atom. The van der Waals surface area contributed by atoms with Crippen LogP contribution in [0.3, 0.4) is 0 Å². The standard InChI is InChI=1S/C24H25N3OS/c1-5-19-9-13-20(14-10-19)26-23(18(4)28)25-27(21-11-6-16(2)7-12-21)24(26)22-15-8-17(3)29-22/h6-15,24H,5H2,1-4H3/t24-/m1/s1. The summed E-state index contributed by atoms with van der Waals surface area (Å²) in [6.07, 6.45) is 0.791. The Morgan fingerprint density at radius 3 is 2.17 bits per heavy atom. The topological polar surface area (TPSA) is 35.9 Å². The molecule has 148 valence electrons. The van der Waals surface area contributed by atoms with Gasteiger partial charge in [-0.05, 0) is 62.2 Å². The van der Waals surface area contributed by atoms with Crippen LogP contribution in [0.15, 0.2) is 65.8 Å². The third-order valence-electron chi connectivity index (χ3n) is 5.16. The fourth-order valence-corrected chi connectivity index (χ4v) is 4.52. The van der Waals surface area contributed by atoms with Crippen molar-refractivity contribution in [3.8, 4) is 0 Å².